The van der Waals surface area contributed by atoms with Crippen molar-refractivity contribution in [2.75, 3.05) is 18.9 Å². The smallest absolute Gasteiger partial charge is 0.315 e. The number of nitrogens with two attached hydrogens (primary N) is 1. The molecule has 1 aromatic carbocycles. The quantitative estimate of drug-likeness (QED) is 0.417. The van der Waals surface area contributed by atoms with Gasteiger partial charge in [-0.05, 0) is 39.0 Å². The van der Waals surface area contributed by atoms with E-state index >= 15 is 0 Å². The number of hydrogen-bond acceptors (Lipinski definition) is 6. The summed E-state index contributed by atoms with van der Waals surface area (Å²) in [6.07, 6.45) is -0.869. The first kappa shape index (κ1) is 20.4. The maximum Gasteiger partial charge on any atom is 0.315 e. The van der Waals surface area contributed by atoms with Gasteiger partial charge >= 0.3 is 11.9 Å². The van der Waals surface area contributed by atoms with Crippen molar-refractivity contribution in [1.29, 1.82) is 0 Å². The van der Waals surface area contributed by atoms with E-state index in [0.29, 0.717) is 0 Å². The molecule has 0 saturated heterocycles. The summed E-state index contributed by atoms with van der Waals surface area (Å²) >= 11 is 0. The molecular weight excluding hydrogens is 331 g/mol. The van der Waals surface area contributed by atoms with Gasteiger partial charge in [-0.25, -0.2) is 4.39 Å². The Morgan fingerprint density at radius 2 is 1.76 bits per heavy atom. The van der Waals surface area contributed by atoms with Gasteiger partial charge in [-0.1, -0.05) is 0 Å². The molecule has 0 bridgehead atoms. The lowest BCUT2D eigenvalue weighted by atomic mass is 9.87. The van der Waals surface area contributed by atoms with Gasteiger partial charge < -0.3 is 20.5 Å². The van der Waals surface area contributed by atoms with Gasteiger partial charge in [-0.2, -0.15) is 0 Å². The molecule has 8 heteroatoms. The Bertz CT molecular complexity index is 650. The van der Waals surface area contributed by atoms with Crippen LogP contribution in [-0.4, -0.2) is 31.1 Å². The van der Waals surface area contributed by atoms with Crippen LogP contribution in [0.1, 0.15) is 39.2 Å². The third-order valence-corrected chi connectivity index (χ3v) is 3.41. The van der Waals surface area contributed by atoms with Crippen molar-refractivity contribution in [2.45, 2.75) is 39.2 Å². The van der Waals surface area contributed by atoms with E-state index in [2.05, 4.69) is 5.32 Å². The van der Waals surface area contributed by atoms with Crippen LogP contribution >= 0.6 is 0 Å². The fourth-order valence-corrected chi connectivity index (χ4v) is 2.37. The largest absolute Gasteiger partial charge is 0.466 e. The summed E-state index contributed by atoms with van der Waals surface area (Å²) in [5.41, 5.74) is 4.56. The summed E-state index contributed by atoms with van der Waals surface area (Å²) in [5.74, 6) is -2.68. The number of benzene rings is 1. The third-order valence-electron chi connectivity index (χ3n) is 3.41. The lowest BCUT2D eigenvalue weighted by Gasteiger charge is -2.31. The maximum absolute atomic E-state index is 14.3. The zero-order valence-corrected chi connectivity index (χ0v) is 14.6. The molecule has 0 heterocycles. The molecule has 3 N–H and O–H groups in total. The Labute approximate surface area is 145 Å². The van der Waals surface area contributed by atoms with Crippen molar-refractivity contribution in [3.8, 4) is 0 Å². The average molecular weight is 354 g/mol. The minimum absolute atomic E-state index is 0.0257. The molecule has 1 atom stereocenters. The van der Waals surface area contributed by atoms with Crippen LogP contribution in [0.25, 0.3) is 0 Å². The summed E-state index contributed by atoms with van der Waals surface area (Å²) in [4.78, 5) is 35.5. The molecule has 0 radical (unpaired) electrons. The van der Waals surface area contributed by atoms with Crippen molar-refractivity contribution in [2.24, 2.45) is 0 Å². The highest BCUT2D eigenvalue weighted by molar-refractivity contribution is 5.94. The van der Waals surface area contributed by atoms with Crippen LogP contribution in [0.4, 0.5) is 10.1 Å². The minimum Gasteiger partial charge on any atom is -0.466 e. The van der Waals surface area contributed by atoms with Crippen LogP contribution in [-0.2, 0) is 29.4 Å². The van der Waals surface area contributed by atoms with Gasteiger partial charge in [0.1, 0.15) is 12.2 Å². The summed E-state index contributed by atoms with van der Waals surface area (Å²) in [7, 11) is 0. The lowest BCUT2D eigenvalue weighted by molar-refractivity contribution is -0.146. The molecule has 0 aromatic heterocycles. The van der Waals surface area contributed by atoms with Crippen LogP contribution in [0.3, 0.4) is 0 Å². The zero-order valence-electron chi connectivity index (χ0n) is 14.6. The van der Waals surface area contributed by atoms with Crippen molar-refractivity contribution in [3.05, 3.63) is 29.6 Å². The number of halogens is 1. The zero-order chi connectivity index (χ0) is 19.0. The molecular formula is C17H23FN2O5. The van der Waals surface area contributed by atoms with Crippen LogP contribution in [0, 0.1) is 5.82 Å². The average Bonchev–Trinajstić information content (AvgIpc) is 2.49. The van der Waals surface area contributed by atoms with Crippen molar-refractivity contribution < 1.29 is 28.2 Å². The van der Waals surface area contributed by atoms with Crippen LogP contribution in [0.2, 0.25) is 0 Å². The number of esters is 2. The molecule has 0 fully saturated rings. The topological polar surface area (TPSA) is 108 Å². The number of anilines is 1. The normalized spacial score (nSPS) is 12.8. The van der Waals surface area contributed by atoms with Gasteiger partial charge in [0.25, 0.3) is 0 Å². The van der Waals surface area contributed by atoms with E-state index in [1.54, 1.807) is 13.8 Å². The minimum atomic E-state index is -1.44. The number of nitrogens with one attached hydrogen (secondary N) is 1. The van der Waals surface area contributed by atoms with E-state index in [0.717, 1.165) is 6.07 Å². The lowest BCUT2D eigenvalue weighted by Crippen LogP contribution is -2.46. The van der Waals surface area contributed by atoms with E-state index in [4.69, 9.17) is 15.2 Å². The first-order valence-electron chi connectivity index (χ1n) is 7.89. The third kappa shape index (κ3) is 6.06. The second kappa shape index (κ2) is 9.00. The highest BCUT2D eigenvalue weighted by Gasteiger charge is 2.35. The molecule has 25 heavy (non-hydrogen) atoms. The van der Waals surface area contributed by atoms with Gasteiger partial charge in [0.15, 0.2) is 0 Å². The van der Waals surface area contributed by atoms with Crippen molar-refractivity contribution >= 4 is 23.5 Å². The standard InChI is InChI=1S/C17H23FN2O5/c1-4-24-15(22)9-14(21)20-17(3,10-16(23)25-5-2)12-8-11(19)6-7-13(12)18/h6-8H,4-5,9-10,19H2,1-3H3,(H,20,21). The van der Waals surface area contributed by atoms with Gasteiger partial charge in [0, 0.05) is 11.3 Å². The molecule has 138 valence electrons. The number of rotatable bonds is 8. The van der Waals surface area contributed by atoms with Crippen LogP contribution < -0.4 is 11.1 Å². The van der Waals surface area contributed by atoms with Crippen molar-refractivity contribution in [3.63, 3.8) is 0 Å². The number of hydrogen-bond donors (Lipinski definition) is 2. The Hall–Kier alpha value is -2.64. The fourth-order valence-electron chi connectivity index (χ4n) is 2.37. The number of ether oxygens (including phenoxy) is 2. The van der Waals surface area contributed by atoms with E-state index < -0.39 is 35.6 Å². The predicted molar refractivity (Wildman–Crippen MR) is 88.8 cm³/mol. The van der Waals surface area contributed by atoms with Crippen LogP contribution in [0.5, 0.6) is 0 Å². The van der Waals surface area contributed by atoms with Crippen LogP contribution in [0.15, 0.2) is 18.2 Å². The maximum atomic E-state index is 14.3. The van der Waals surface area contributed by atoms with Gasteiger partial charge in [-0.3, -0.25) is 14.4 Å². The molecule has 1 rings (SSSR count). The molecule has 0 aliphatic rings. The summed E-state index contributed by atoms with van der Waals surface area (Å²) in [6.45, 7) is 4.99. The Morgan fingerprint density at radius 3 is 2.36 bits per heavy atom. The molecule has 7 nitrogen and oxygen atoms in total. The Morgan fingerprint density at radius 1 is 1.16 bits per heavy atom. The molecule has 0 spiro atoms. The summed E-state index contributed by atoms with van der Waals surface area (Å²) < 4.78 is 23.9. The predicted octanol–water partition coefficient (Wildman–Crippen LogP) is 1.65. The van der Waals surface area contributed by atoms with E-state index in [1.165, 1.54) is 19.1 Å². The summed E-state index contributed by atoms with van der Waals surface area (Å²) in [5, 5.41) is 2.52. The highest BCUT2D eigenvalue weighted by atomic mass is 19.1. The molecule has 1 aromatic rings. The molecule has 0 aliphatic carbocycles. The van der Waals surface area contributed by atoms with Gasteiger partial charge in [0.05, 0.1) is 25.2 Å². The number of nitrogen functional groups attached to an aromatic ring is 1. The molecule has 1 unspecified atom stereocenters. The van der Waals surface area contributed by atoms with Gasteiger partial charge in [0.2, 0.25) is 5.91 Å². The van der Waals surface area contributed by atoms with E-state index in [1.807, 2.05) is 0 Å². The highest BCUT2D eigenvalue weighted by Crippen LogP contribution is 2.29. The second-order valence-corrected chi connectivity index (χ2v) is 5.58. The van der Waals surface area contributed by atoms with Crippen molar-refractivity contribution in [1.82, 2.24) is 5.32 Å². The Kier molecular flexibility index (Phi) is 7.35. The molecule has 0 aliphatic heterocycles. The van der Waals surface area contributed by atoms with E-state index in [-0.39, 0.29) is 30.9 Å². The SMILES string of the molecule is CCOC(=O)CC(=O)NC(C)(CC(=O)OCC)c1cc(N)ccc1F. The van der Waals surface area contributed by atoms with E-state index in [9.17, 15) is 18.8 Å². The van der Waals surface area contributed by atoms with Gasteiger partial charge in [-0.15, -0.1) is 0 Å². The first-order valence-corrected chi connectivity index (χ1v) is 7.89. The Balaban J connectivity index is 3.10. The molecule has 1 amide bonds. The number of carbonyl (C=O) groups is 3. The second-order valence-electron chi connectivity index (χ2n) is 5.58. The fraction of sp³-hybridized carbons (Fsp3) is 0.471. The number of carbonyl (C=O) groups excluding carboxylic acids is 3. The molecule has 0 saturated carbocycles. The monoisotopic (exact) mass is 354 g/mol. The number of amides is 1. The summed E-state index contributed by atoms with van der Waals surface area (Å²) in [6, 6.07) is 3.84. The first-order chi connectivity index (χ1) is 11.7.